The van der Waals surface area contributed by atoms with Crippen LogP contribution in [0.15, 0.2) is 0 Å². The van der Waals surface area contributed by atoms with Gasteiger partial charge < -0.3 is 15.4 Å². The third kappa shape index (κ3) is 3.60. The van der Waals surface area contributed by atoms with Crippen molar-refractivity contribution in [2.45, 2.75) is 52.0 Å². The van der Waals surface area contributed by atoms with Crippen LogP contribution in [0.3, 0.4) is 0 Å². The zero-order valence-electron chi connectivity index (χ0n) is 13.2. The SMILES string of the molecule is Cc1c(N)nc(C(C)(C)C)nc1OCCN(C)C1CC1. The minimum atomic E-state index is -0.134. The highest BCUT2D eigenvalue weighted by Gasteiger charge is 2.26. The van der Waals surface area contributed by atoms with E-state index in [1.54, 1.807) is 0 Å². The van der Waals surface area contributed by atoms with Crippen LogP contribution in [0.1, 0.15) is 45.0 Å². The first-order chi connectivity index (χ1) is 9.29. The smallest absolute Gasteiger partial charge is 0.221 e. The lowest BCUT2D eigenvalue weighted by Crippen LogP contribution is -2.27. The zero-order chi connectivity index (χ0) is 14.9. The van der Waals surface area contributed by atoms with Gasteiger partial charge in [0.1, 0.15) is 18.2 Å². The molecule has 5 nitrogen and oxygen atoms in total. The first kappa shape index (κ1) is 15.0. The predicted octanol–water partition coefficient (Wildman–Crippen LogP) is 2.14. The maximum Gasteiger partial charge on any atom is 0.221 e. The maximum absolute atomic E-state index is 5.97. The summed E-state index contributed by atoms with van der Waals surface area (Å²) in [5.74, 6) is 1.85. The molecule has 1 aliphatic carbocycles. The number of ether oxygens (including phenoxy) is 1. The summed E-state index contributed by atoms with van der Waals surface area (Å²) in [5, 5.41) is 0. The number of anilines is 1. The van der Waals surface area contributed by atoms with E-state index in [1.807, 2.05) is 6.92 Å². The van der Waals surface area contributed by atoms with Gasteiger partial charge in [-0.1, -0.05) is 20.8 Å². The Bertz CT molecular complexity index is 477. The van der Waals surface area contributed by atoms with E-state index in [0.717, 1.165) is 24.0 Å². The molecule has 0 aliphatic heterocycles. The van der Waals surface area contributed by atoms with Gasteiger partial charge in [0.2, 0.25) is 5.88 Å². The largest absolute Gasteiger partial charge is 0.476 e. The highest BCUT2D eigenvalue weighted by atomic mass is 16.5. The summed E-state index contributed by atoms with van der Waals surface area (Å²) >= 11 is 0. The predicted molar refractivity (Wildman–Crippen MR) is 81.0 cm³/mol. The fourth-order valence-corrected chi connectivity index (χ4v) is 1.97. The molecule has 0 spiro atoms. The molecule has 2 N–H and O–H groups in total. The lowest BCUT2D eigenvalue weighted by Gasteiger charge is -2.20. The Morgan fingerprint density at radius 3 is 2.50 bits per heavy atom. The molecule has 1 saturated carbocycles. The van der Waals surface area contributed by atoms with Crippen LogP contribution in [-0.2, 0) is 5.41 Å². The van der Waals surface area contributed by atoms with Gasteiger partial charge in [-0.05, 0) is 26.8 Å². The van der Waals surface area contributed by atoms with Gasteiger partial charge in [0.25, 0.3) is 0 Å². The van der Waals surface area contributed by atoms with E-state index in [2.05, 4.69) is 42.7 Å². The fourth-order valence-electron chi connectivity index (χ4n) is 1.97. The molecule has 2 rings (SSSR count). The number of aromatic nitrogens is 2. The van der Waals surface area contributed by atoms with Gasteiger partial charge in [-0.3, -0.25) is 0 Å². The van der Waals surface area contributed by atoms with Gasteiger partial charge in [0, 0.05) is 18.0 Å². The minimum absolute atomic E-state index is 0.134. The molecule has 0 unspecified atom stereocenters. The summed E-state index contributed by atoms with van der Waals surface area (Å²) in [4.78, 5) is 11.2. The molecule has 0 amide bonds. The van der Waals surface area contributed by atoms with Gasteiger partial charge in [0.05, 0.1) is 5.56 Å². The van der Waals surface area contributed by atoms with E-state index in [-0.39, 0.29) is 5.41 Å². The molecular weight excluding hydrogens is 252 g/mol. The highest BCUT2D eigenvalue weighted by molar-refractivity contribution is 5.45. The number of likely N-dealkylation sites (N-methyl/N-ethyl adjacent to an activating group) is 1. The van der Waals surface area contributed by atoms with Crippen LogP contribution >= 0.6 is 0 Å². The van der Waals surface area contributed by atoms with Gasteiger partial charge in [-0.15, -0.1) is 0 Å². The van der Waals surface area contributed by atoms with Gasteiger partial charge >= 0.3 is 0 Å². The van der Waals surface area contributed by atoms with Crippen molar-refractivity contribution < 1.29 is 4.74 Å². The fraction of sp³-hybridized carbons (Fsp3) is 0.733. The van der Waals surface area contributed by atoms with Crippen LogP contribution in [0, 0.1) is 6.92 Å². The second-order valence-corrected chi connectivity index (χ2v) is 6.67. The number of hydrogen-bond acceptors (Lipinski definition) is 5. The van der Waals surface area contributed by atoms with Gasteiger partial charge in [0.15, 0.2) is 0 Å². The summed E-state index contributed by atoms with van der Waals surface area (Å²) in [6.07, 6.45) is 2.62. The first-order valence-electron chi connectivity index (χ1n) is 7.26. The Morgan fingerprint density at radius 2 is 1.95 bits per heavy atom. The zero-order valence-corrected chi connectivity index (χ0v) is 13.2. The Kier molecular flexibility index (Phi) is 4.18. The Labute approximate surface area is 121 Å². The summed E-state index contributed by atoms with van der Waals surface area (Å²) in [7, 11) is 2.14. The van der Waals surface area contributed by atoms with Gasteiger partial charge in [-0.2, -0.15) is 4.98 Å². The molecule has 1 aliphatic rings. The molecular formula is C15H26N4O. The summed E-state index contributed by atoms with van der Waals surface area (Å²) in [5.41, 5.74) is 6.66. The van der Waals surface area contributed by atoms with E-state index in [1.165, 1.54) is 12.8 Å². The number of nitrogen functional groups attached to an aromatic ring is 1. The topological polar surface area (TPSA) is 64.3 Å². The molecule has 0 radical (unpaired) electrons. The highest BCUT2D eigenvalue weighted by Crippen LogP contribution is 2.27. The summed E-state index contributed by atoms with van der Waals surface area (Å²) in [6, 6.07) is 0.750. The third-order valence-electron chi connectivity index (χ3n) is 3.66. The molecule has 0 saturated heterocycles. The van der Waals surface area contributed by atoms with Crippen molar-refractivity contribution in [2.24, 2.45) is 0 Å². The average molecular weight is 278 g/mol. The van der Waals surface area contributed by atoms with Crippen LogP contribution in [0.2, 0.25) is 0 Å². The molecule has 112 valence electrons. The number of rotatable bonds is 5. The first-order valence-corrected chi connectivity index (χ1v) is 7.26. The summed E-state index contributed by atoms with van der Waals surface area (Å²) in [6.45, 7) is 9.67. The molecule has 5 heteroatoms. The molecule has 0 bridgehead atoms. The van der Waals surface area contributed by atoms with Crippen LogP contribution in [0.5, 0.6) is 5.88 Å². The second kappa shape index (κ2) is 5.56. The quantitative estimate of drug-likeness (QED) is 0.894. The monoisotopic (exact) mass is 278 g/mol. The van der Waals surface area contributed by atoms with Crippen molar-refractivity contribution in [3.05, 3.63) is 11.4 Å². The standard InChI is InChI=1S/C15H26N4O/c1-10-12(16)17-14(15(2,3)4)18-13(10)20-9-8-19(5)11-6-7-11/h11H,6-9H2,1-5H3,(H2,16,17,18). The summed E-state index contributed by atoms with van der Waals surface area (Å²) < 4.78 is 5.83. The van der Waals surface area contributed by atoms with Crippen LogP contribution in [0.4, 0.5) is 5.82 Å². The van der Waals surface area contributed by atoms with E-state index in [9.17, 15) is 0 Å². The maximum atomic E-state index is 5.97. The number of hydrogen-bond donors (Lipinski definition) is 1. The third-order valence-corrected chi connectivity index (χ3v) is 3.66. The van der Waals surface area contributed by atoms with E-state index in [4.69, 9.17) is 10.5 Å². The molecule has 1 fully saturated rings. The molecule has 0 atom stereocenters. The molecule has 20 heavy (non-hydrogen) atoms. The van der Waals surface area contributed by atoms with Crippen LogP contribution in [0.25, 0.3) is 0 Å². The Balaban J connectivity index is 2.03. The van der Waals surface area contributed by atoms with E-state index < -0.39 is 0 Å². The normalized spacial score (nSPS) is 15.7. The van der Waals surface area contributed by atoms with Crippen LogP contribution in [-0.4, -0.2) is 41.1 Å². The Morgan fingerprint density at radius 1 is 1.30 bits per heavy atom. The Hall–Kier alpha value is -1.36. The van der Waals surface area contributed by atoms with Crippen molar-refractivity contribution in [1.29, 1.82) is 0 Å². The van der Waals surface area contributed by atoms with Gasteiger partial charge in [-0.25, -0.2) is 4.98 Å². The lowest BCUT2D eigenvalue weighted by atomic mass is 9.95. The second-order valence-electron chi connectivity index (χ2n) is 6.67. The lowest BCUT2D eigenvalue weighted by molar-refractivity contribution is 0.224. The van der Waals surface area contributed by atoms with E-state index >= 15 is 0 Å². The minimum Gasteiger partial charge on any atom is -0.476 e. The molecule has 1 aromatic heterocycles. The van der Waals surface area contributed by atoms with Crippen molar-refractivity contribution >= 4 is 5.82 Å². The van der Waals surface area contributed by atoms with Crippen molar-refractivity contribution in [3.63, 3.8) is 0 Å². The molecule has 1 aromatic rings. The van der Waals surface area contributed by atoms with Crippen LogP contribution < -0.4 is 10.5 Å². The van der Waals surface area contributed by atoms with Crippen molar-refractivity contribution in [2.75, 3.05) is 25.9 Å². The average Bonchev–Trinajstić information content (AvgIpc) is 3.16. The molecule has 0 aromatic carbocycles. The van der Waals surface area contributed by atoms with E-state index in [0.29, 0.717) is 18.3 Å². The molecule has 1 heterocycles. The van der Waals surface area contributed by atoms with Crippen molar-refractivity contribution in [3.8, 4) is 5.88 Å². The number of nitrogens with two attached hydrogens (primary N) is 1. The van der Waals surface area contributed by atoms with Crippen molar-refractivity contribution in [1.82, 2.24) is 14.9 Å². The number of nitrogens with zero attached hydrogens (tertiary/aromatic N) is 3.